The Bertz CT molecular complexity index is 574. The molecule has 132 valence electrons. The van der Waals surface area contributed by atoms with Crippen molar-refractivity contribution in [2.45, 2.75) is 25.0 Å². The Balaban J connectivity index is 1.33. The van der Waals surface area contributed by atoms with Crippen molar-refractivity contribution in [3.8, 4) is 0 Å². The highest BCUT2D eigenvalue weighted by Gasteiger charge is 2.50. The summed E-state index contributed by atoms with van der Waals surface area (Å²) in [4.78, 5) is 13.5. The maximum absolute atomic E-state index is 13.1. The second kappa shape index (κ2) is 7.59. The molecule has 0 aliphatic carbocycles. The summed E-state index contributed by atoms with van der Waals surface area (Å²) in [6.45, 7) is 3.23. The lowest BCUT2D eigenvalue weighted by atomic mass is 9.86. The van der Waals surface area contributed by atoms with Crippen LogP contribution in [0.1, 0.15) is 18.4 Å². The first-order valence-electron chi connectivity index (χ1n) is 8.33. The first kappa shape index (κ1) is 17.3. The minimum atomic E-state index is -0.236. The summed E-state index contributed by atoms with van der Waals surface area (Å²) in [7, 11) is 1.53. The minimum Gasteiger partial charge on any atom is -0.377 e. The fourth-order valence-electron chi connectivity index (χ4n) is 3.45. The highest BCUT2D eigenvalue weighted by atomic mass is 19.1. The van der Waals surface area contributed by atoms with Crippen molar-refractivity contribution < 1.29 is 23.4 Å². The Morgan fingerprint density at radius 2 is 2.29 bits per heavy atom. The normalized spacial score (nSPS) is 21.9. The second-order valence-corrected chi connectivity index (χ2v) is 6.72. The molecular formula is C18H24FNO4. The molecular weight excluding hydrogens is 313 g/mol. The van der Waals surface area contributed by atoms with Crippen LogP contribution in [-0.2, 0) is 25.6 Å². The standard InChI is InChI=1S/C18H24FNO4/c1-22-11-17(21)20-12-18(13-20)8-15(10-24-18)5-6-23-9-14-3-2-4-16(19)7-14/h2-4,7,15H,5-6,8-13H2,1H3. The average molecular weight is 337 g/mol. The van der Waals surface area contributed by atoms with Crippen molar-refractivity contribution >= 4 is 5.91 Å². The number of carbonyl (C=O) groups is 1. The molecule has 1 atom stereocenters. The first-order chi connectivity index (χ1) is 11.6. The number of methoxy groups -OCH3 is 1. The Labute approximate surface area is 141 Å². The van der Waals surface area contributed by atoms with Gasteiger partial charge in [0.05, 0.1) is 26.3 Å². The van der Waals surface area contributed by atoms with Crippen LogP contribution >= 0.6 is 0 Å². The van der Waals surface area contributed by atoms with Crippen LogP contribution in [0, 0.1) is 11.7 Å². The predicted octanol–water partition coefficient (Wildman–Crippen LogP) is 2.00. The van der Waals surface area contributed by atoms with Crippen molar-refractivity contribution in [2.75, 3.05) is 40.0 Å². The van der Waals surface area contributed by atoms with Gasteiger partial charge in [0.2, 0.25) is 5.91 Å². The Morgan fingerprint density at radius 3 is 3.04 bits per heavy atom. The van der Waals surface area contributed by atoms with Crippen LogP contribution in [0.4, 0.5) is 4.39 Å². The monoisotopic (exact) mass is 337 g/mol. The van der Waals surface area contributed by atoms with Crippen molar-refractivity contribution in [3.63, 3.8) is 0 Å². The molecule has 6 heteroatoms. The van der Waals surface area contributed by atoms with E-state index in [0.29, 0.717) is 32.2 Å². The van der Waals surface area contributed by atoms with E-state index in [2.05, 4.69) is 0 Å². The number of halogens is 1. The summed E-state index contributed by atoms with van der Waals surface area (Å²) in [6.07, 6.45) is 1.89. The molecule has 1 aromatic rings. The number of hydrogen-bond acceptors (Lipinski definition) is 4. The third-order valence-electron chi connectivity index (χ3n) is 4.69. The van der Waals surface area contributed by atoms with E-state index < -0.39 is 0 Å². The third kappa shape index (κ3) is 4.12. The number of likely N-dealkylation sites (tertiary alicyclic amines) is 1. The number of rotatable bonds is 7. The van der Waals surface area contributed by atoms with E-state index in [4.69, 9.17) is 14.2 Å². The van der Waals surface area contributed by atoms with Gasteiger partial charge in [-0.05, 0) is 36.5 Å². The lowest BCUT2D eigenvalue weighted by Crippen LogP contribution is -2.63. The first-order valence-corrected chi connectivity index (χ1v) is 8.33. The van der Waals surface area contributed by atoms with Crippen LogP contribution in [0.3, 0.4) is 0 Å². The number of amides is 1. The fourth-order valence-corrected chi connectivity index (χ4v) is 3.45. The lowest BCUT2D eigenvalue weighted by molar-refractivity contribution is -0.161. The third-order valence-corrected chi connectivity index (χ3v) is 4.69. The summed E-state index contributed by atoms with van der Waals surface area (Å²) in [6, 6.07) is 6.47. The van der Waals surface area contributed by atoms with Gasteiger partial charge in [-0.1, -0.05) is 12.1 Å². The van der Waals surface area contributed by atoms with E-state index in [1.807, 2.05) is 6.07 Å². The molecule has 0 radical (unpaired) electrons. The molecule has 0 bridgehead atoms. The Hall–Kier alpha value is -1.50. The van der Waals surface area contributed by atoms with Gasteiger partial charge in [0, 0.05) is 13.7 Å². The number of nitrogens with zero attached hydrogens (tertiary/aromatic N) is 1. The van der Waals surface area contributed by atoms with Gasteiger partial charge in [-0.2, -0.15) is 0 Å². The van der Waals surface area contributed by atoms with Gasteiger partial charge >= 0.3 is 0 Å². The molecule has 0 saturated carbocycles. The van der Waals surface area contributed by atoms with E-state index in [-0.39, 0.29) is 23.9 Å². The maximum Gasteiger partial charge on any atom is 0.248 e. The summed E-state index contributed by atoms with van der Waals surface area (Å²) in [5, 5.41) is 0. The fraction of sp³-hybridized carbons (Fsp3) is 0.611. The maximum atomic E-state index is 13.1. The van der Waals surface area contributed by atoms with Gasteiger partial charge in [0.1, 0.15) is 18.0 Å². The number of carbonyl (C=O) groups excluding carboxylic acids is 1. The van der Waals surface area contributed by atoms with Gasteiger partial charge in [-0.3, -0.25) is 4.79 Å². The molecule has 3 rings (SSSR count). The van der Waals surface area contributed by atoms with Crippen LogP contribution in [0.15, 0.2) is 24.3 Å². The van der Waals surface area contributed by atoms with Crippen LogP contribution < -0.4 is 0 Å². The average Bonchev–Trinajstić information content (AvgIpc) is 2.95. The molecule has 1 spiro atoms. The van der Waals surface area contributed by atoms with Crippen LogP contribution in [0.5, 0.6) is 0 Å². The summed E-state index contributed by atoms with van der Waals surface area (Å²) >= 11 is 0. The molecule has 1 amide bonds. The van der Waals surface area contributed by atoms with E-state index in [9.17, 15) is 9.18 Å². The van der Waals surface area contributed by atoms with E-state index in [1.54, 1.807) is 11.0 Å². The summed E-state index contributed by atoms with van der Waals surface area (Å²) < 4.78 is 29.5. The smallest absolute Gasteiger partial charge is 0.248 e. The van der Waals surface area contributed by atoms with Crippen LogP contribution in [0.25, 0.3) is 0 Å². The van der Waals surface area contributed by atoms with Crippen molar-refractivity contribution in [3.05, 3.63) is 35.6 Å². The number of hydrogen-bond donors (Lipinski definition) is 0. The highest BCUT2D eigenvalue weighted by Crippen LogP contribution is 2.39. The molecule has 2 aliphatic rings. The summed E-state index contributed by atoms with van der Waals surface area (Å²) in [5.41, 5.74) is 0.691. The highest BCUT2D eigenvalue weighted by molar-refractivity contribution is 5.78. The molecule has 2 heterocycles. The SMILES string of the molecule is COCC(=O)N1CC2(CC(CCOCc3cccc(F)c3)CO2)C1. The number of ether oxygens (including phenoxy) is 3. The van der Waals surface area contributed by atoms with E-state index in [0.717, 1.165) is 25.0 Å². The minimum absolute atomic E-state index is 0.0219. The molecule has 0 aromatic heterocycles. The largest absolute Gasteiger partial charge is 0.377 e. The van der Waals surface area contributed by atoms with Crippen molar-refractivity contribution in [2.24, 2.45) is 5.92 Å². The Kier molecular flexibility index (Phi) is 5.48. The molecule has 1 unspecified atom stereocenters. The zero-order chi connectivity index (χ0) is 17.0. The summed E-state index contributed by atoms with van der Waals surface area (Å²) in [5.74, 6) is 0.241. The molecule has 2 aliphatic heterocycles. The lowest BCUT2D eigenvalue weighted by Gasteiger charge is -2.47. The molecule has 0 N–H and O–H groups in total. The molecule has 2 fully saturated rings. The van der Waals surface area contributed by atoms with E-state index >= 15 is 0 Å². The van der Waals surface area contributed by atoms with Crippen LogP contribution in [-0.4, -0.2) is 56.4 Å². The predicted molar refractivity (Wildman–Crippen MR) is 85.9 cm³/mol. The second-order valence-electron chi connectivity index (χ2n) is 6.72. The van der Waals surface area contributed by atoms with Gasteiger partial charge in [-0.15, -0.1) is 0 Å². The van der Waals surface area contributed by atoms with Gasteiger partial charge < -0.3 is 19.1 Å². The topological polar surface area (TPSA) is 48.0 Å². The molecule has 5 nitrogen and oxygen atoms in total. The zero-order valence-electron chi connectivity index (χ0n) is 14.0. The van der Waals surface area contributed by atoms with Gasteiger partial charge in [0.25, 0.3) is 0 Å². The van der Waals surface area contributed by atoms with Crippen LogP contribution in [0.2, 0.25) is 0 Å². The van der Waals surface area contributed by atoms with Gasteiger partial charge in [-0.25, -0.2) is 4.39 Å². The number of benzene rings is 1. The van der Waals surface area contributed by atoms with Gasteiger partial charge in [0.15, 0.2) is 0 Å². The van der Waals surface area contributed by atoms with Crippen molar-refractivity contribution in [1.82, 2.24) is 4.90 Å². The van der Waals surface area contributed by atoms with E-state index in [1.165, 1.54) is 19.2 Å². The Morgan fingerprint density at radius 1 is 1.46 bits per heavy atom. The zero-order valence-corrected chi connectivity index (χ0v) is 14.0. The molecule has 2 saturated heterocycles. The molecule has 1 aromatic carbocycles. The quantitative estimate of drug-likeness (QED) is 0.714. The van der Waals surface area contributed by atoms with Crippen molar-refractivity contribution in [1.29, 1.82) is 0 Å². The molecule has 24 heavy (non-hydrogen) atoms.